The summed E-state index contributed by atoms with van der Waals surface area (Å²) in [6.45, 7) is 2.85. The van der Waals surface area contributed by atoms with Crippen molar-refractivity contribution in [3.8, 4) is 11.8 Å². The Kier molecular flexibility index (Phi) is 4.81. The Bertz CT molecular complexity index is 370. The molecule has 0 aliphatic carbocycles. The zero-order valence-electron chi connectivity index (χ0n) is 10.1. The maximum atomic E-state index is 8.65. The quantitative estimate of drug-likeness (QED) is 0.761. The van der Waals surface area contributed by atoms with Crippen LogP contribution in [0, 0.1) is 11.3 Å². The van der Waals surface area contributed by atoms with Gasteiger partial charge in [0.05, 0.1) is 19.6 Å². The van der Waals surface area contributed by atoms with Crippen molar-refractivity contribution in [1.29, 1.82) is 5.26 Å². The first-order chi connectivity index (χ1) is 7.69. The normalized spacial score (nSPS) is 12.2. The molecule has 0 aliphatic heterocycles. The largest absolute Gasteiger partial charge is 0.496 e. The van der Waals surface area contributed by atoms with Crippen molar-refractivity contribution in [2.75, 3.05) is 14.2 Å². The summed E-state index contributed by atoms with van der Waals surface area (Å²) in [4.78, 5) is 2.15. The van der Waals surface area contributed by atoms with Gasteiger partial charge in [-0.3, -0.25) is 4.90 Å². The second-order valence-corrected chi connectivity index (χ2v) is 3.94. The zero-order chi connectivity index (χ0) is 12.0. The van der Waals surface area contributed by atoms with Gasteiger partial charge in [-0.05, 0) is 20.0 Å². The van der Waals surface area contributed by atoms with Gasteiger partial charge in [-0.1, -0.05) is 18.2 Å². The summed E-state index contributed by atoms with van der Waals surface area (Å²) >= 11 is 0. The second kappa shape index (κ2) is 6.14. The fourth-order valence-electron chi connectivity index (χ4n) is 1.55. The lowest BCUT2D eigenvalue weighted by molar-refractivity contribution is 0.248. The number of rotatable bonds is 5. The lowest BCUT2D eigenvalue weighted by Crippen LogP contribution is -2.28. The minimum atomic E-state index is 0.259. The summed E-state index contributed by atoms with van der Waals surface area (Å²) in [6.07, 6.45) is 0.547. The molecule has 1 aromatic rings. The van der Waals surface area contributed by atoms with Gasteiger partial charge >= 0.3 is 0 Å². The minimum absolute atomic E-state index is 0.259. The van der Waals surface area contributed by atoms with Gasteiger partial charge in [-0.15, -0.1) is 0 Å². The average Bonchev–Trinajstić information content (AvgIpc) is 2.30. The average molecular weight is 218 g/mol. The fourth-order valence-corrected chi connectivity index (χ4v) is 1.55. The van der Waals surface area contributed by atoms with Crippen LogP contribution in [0.3, 0.4) is 0 Å². The topological polar surface area (TPSA) is 36.3 Å². The number of methoxy groups -OCH3 is 1. The first-order valence-electron chi connectivity index (χ1n) is 5.38. The number of hydrogen-bond acceptors (Lipinski definition) is 3. The molecule has 86 valence electrons. The zero-order valence-corrected chi connectivity index (χ0v) is 10.1. The Balaban J connectivity index is 2.69. The van der Waals surface area contributed by atoms with E-state index in [4.69, 9.17) is 10.00 Å². The van der Waals surface area contributed by atoms with Crippen molar-refractivity contribution >= 4 is 0 Å². The Morgan fingerprint density at radius 1 is 1.44 bits per heavy atom. The summed E-state index contributed by atoms with van der Waals surface area (Å²) in [6, 6.07) is 10.4. The number of ether oxygens (including phenoxy) is 1. The van der Waals surface area contributed by atoms with Crippen LogP contribution in [0.2, 0.25) is 0 Å². The highest BCUT2D eigenvalue weighted by Gasteiger charge is 2.11. The van der Waals surface area contributed by atoms with E-state index in [1.807, 2.05) is 25.2 Å². The van der Waals surface area contributed by atoms with Crippen LogP contribution >= 0.6 is 0 Å². The van der Waals surface area contributed by atoms with Gasteiger partial charge in [0.25, 0.3) is 0 Å². The summed E-state index contributed by atoms with van der Waals surface area (Å²) in [7, 11) is 3.70. The summed E-state index contributed by atoms with van der Waals surface area (Å²) in [5, 5.41) is 8.65. The molecule has 0 saturated heterocycles. The van der Waals surface area contributed by atoms with Crippen LogP contribution in [0.1, 0.15) is 18.9 Å². The van der Waals surface area contributed by atoms with Gasteiger partial charge in [0.15, 0.2) is 0 Å². The first kappa shape index (κ1) is 12.5. The molecule has 0 radical (unpaired) electrons. The minimum Gasteiger partial charge on any atom is -0.496 e. The van der Waals surface area contributed by atoms with E-state index in [2.05, 4.69) is 24.0 Å². The molecule has 0 spiro atoms. The van der Waals surface area contributed by atoms with Gasteiger partial charge in [-0.25, -0.2) is 0 Å². The van der Waals surface area contributed by atoms with E-state index >= 15 is 0 Å². The summed E-state index contributed by atoms with van der Waals surface area (Å²) in [5.74, 6) is 0.901. The van der Waals surface area contributed by atoms with E-state index in [0.717, 1.165) is 17.9 Å². The number of benzene rings is 1. The first-order valence-corrected chi connectivity index (χ1v) is 5.38. The third-order valence-electron chi connectivity index (χ3n) is 2.75. The fraction of sp³-hybridized carbons (Fsp3) is 0.462. The maximum absolute atomic E-state index is 8.65. The van der Waals surface area contributed by atoms with Gasteiger partial charge in [0.1, 0.15) is 5.75 Å². The van der Waals surface area contributed by atoms with E-state index in [0.29, 0.717) is 6.42 Å². The molecule has 1 atom stereocenters. The highest BCUT2D eigenvalue weighted by atomic mass is 16.5. The van der Waals surface area contributed by atoms with E-state index in [1.54, 1.807) is 7.11 Å². The van der Waals surface area contributed by atoms with E-state index in [-0.39, 0.29) is 6.04 Å². The molecule has 0 fully saturated rings. The molecule has 0 bridgehead atoms. The molecule has 3 nitrogen and oxygen atoms in total. The lowest BCUT2D eigenvalue weighted by atomic mass is 10.1. The highest BCUT2D eigenvalue weighted by Crippen LogP contribution is 2.19. The summed E-state index contributed by atoms with van der Waals surface area (Å²) in [5.41, 5.74) is 1.15. The molecule has 0 N–H and O–H groups in total. The number of nitriles is 1. The van der Waals surface area contributed by atoms with Crippen LogP contribution in [0.15, 0.2) is 24.3 Å². The van der Waals surface area contributed by atoms with Crippen LogP contribution in [0.25, 0.3) is 0 Å². The third-order valence-corrected chi connectivity index (χ3v) is 2.75. The summed E-state index contributed by atoms with van der Waals surface area (Å²) < 4.78 is 5.29. The van der Waals surface area contributed by atoms with Crippen LogP contribution in [-0.2, 0) is 6.54 Å². The number of hydrogen-bond donors (Lipinski definition) is 0. The van der Waals surface area contributed by atoms with E-state index in [9.17, 15) is 0 Å². The molecule has 16 heavy (non-hydrogen) atoms. The van der Waals surface area contributed by atoms with Crippen molar-refractivity contribution in [3.63, 3.8) is 0 Å². The van der Waals surface area contributed by atoms with E-state index < -0.39 is 0 Å². The Labute approximate surface area is 97.3 Å². The Morgan fingerprint density at radius 2 is 2.12 bits per heavy atom. The Hall–Kier alpha value is -1.53. The van der Waals surface area contributed by atoms with Crippen molar-refractivity contribution in [2.24, 2.45) is 0 Å². The molecular formula is C13H18N2O. The van der Waals surface area contributed by atoms with Crippen molar-refractivity contribution in [1.82, 2.24) is 4.90 Å². The van der Waals surface area contributed by atoms with Gasteiger partial charge < -0.3 is 4.74 Å². The number of para-hydroxylation sites is 1. The molecule has 0 saturated carbocycles. The SMILES string of the molecule is COc1ccccc1CN(C)C(C)CC#N. The van der Waals surface area contributed by atoms with Crippen LogP contribution in [0.4, 0.5) is 0 Å². The second-order valence-electron chi connectivity index (χ2n) is 3.94. The highest BCUT2D eigenvalue weighted by molar-refractivity contribution is 5.33. The van der Waals surface area contributed by atoms with Crippen molar-refractivity contribution < 1.29 is 4.74 Å². The van der Waals surface area contributed by atoms with Crippen LogP contribution in [-0.4, -0.2) is 25.1 Å². The molecule has 0 heterocycles. The third kappa shape index (κ3) is 3.25. The van der Waals surface area contributed by atoms with E-state index in [1.165, 1.54) is 0 Å². The molecule has 0 aliphatic rings. The maximum Gasteiger partial charge on any atom is 0.123 e. The van der Waals surface area contributed by atoms with Crippen LogP contribution in [0.5, 0.6) is 5.75 Å². The van der Waals surface area contributed by atoms with Crippen LogP contribution < -0.4 is 4.74 Å². The van der Waals surface area contributed by atoms with Crippen molar-refractivity contribution in [2.45, 2.75) is 25.9 Å². The molecule has 3 heteroatoms. The Morgan fingerprint density at radius 3 is 2.75 bits per heavy atom. The lowest BCUT2D eigenvalue weighted by Gasteiger charge is -2.23. The molecular weight excluding hydrogens is 200 g/mol. The van der Waals surface area contributed by atoms with Crippen molar-refractivity contribution in [3.05, 3.63) is 29.8 Å². The smallest absolute Gasteiger partial charge is 0.123 e. The number of nitrogens with zero attached hydrogens (tertiary/aromatic N) is 2. The predicted molar refractivity (Wildman–Crippen MR) is 64.2 cm³/mol. The molecule has 1 unspecified atom stereocenters. The van der Waals surface area contributed by atoms with Gasteiger partial charge in [-0.2, -0.15) is 5.26 Å². The molecule has 1 rings (SSSR count). The monoisotopic (exact) mass is 218 g/mol. The van der Waals surface area contributed by atoms with Gasteiger partial charge in [0.2, 0.25) is 0 Å². The predicted octanol–water partition coefficient (Wildman–Crippen LogP) is 2.43. The van der Waals surface area contributed by atoms with Gasteiger partial charge in [0, 0.05) is 18.2 Å². The molecule has 1 aromatic carbocycles. The molecule has 0 amide bonds. The standard InChI is InChI=1S/C13H18N2O/c1-11(8-9-14)15(2)10-12-6-4-5-7-13(12)16-3/h4-7,11H,8,10H2,1-3H3. The molecule has 0 aromatic heterocycles.